The van der Waals surface area contributed by atoms with Gasteiger partial charge in [-0.25, -0.2) is 13.1 Å². The summed E-state index contributed by atoms with van der Waals surface area (Å²) in [4.78, 5) is 12.5. The van der Waals surface area contributed by atoms with Gasteiger partial charge in [0.1, 0.15) is 0 Å². The fourth-order valence-corrected chi connectivity index (χ4v) is 4.17. The number of carbonyl (C=O) groups excluding carboxylic acids is 1. The molecule has 27 heavy (non-hydrogen) atoms. The molecule has 0 aliphatic heterocycles. The molecule has 0 spiro atoms. The van der Waals surface area contributed by atoms with Crippen LogP contribution in [0.5, 0.6) is 0 Å². The zero-order valence-corrected chi connectivity index (χ0v) is 16.0. The molecule has 0 unspecified atom stereocenters. The average Bonchev–Trinajstić information content (AvgIpc) is 2.69. The quantitative estimate of drug-likeness (QED) is 0.706. The van der Waals surface area contributed by atoms with Gasteiger partial charge in [-0.15, -0.1) is 0 Å². The Balaban J connectivity index is 1.64. The van der Waals surface area contributed by atoms with Gasteiger partial charge < -0.3 is 5.32 Å². The van der Waals surface area contributed by atoms with Gasteiger partial charge in [-0.3, -0.25) is 4.79 Å². The predicted octanol–water partition coefficient (Wildman–Crippen LogP) is 4.11. The van der Waals surface area contributed by atoms with Crippen LogP contribution < -0.4 is 10.0 Å². The molecule has 0 bridgehead atoms. The van der Waals surface area contributed by atoms with Gasteiger partial charge >= 0.3 is 0 Å². The van der Waals surface area contributed by atoms with E-state index in [9.17, 15) is 13.2 Å². The number of carbonyl (C=O) groups is 1. The van der Waals surface area contributed by atoms with E-state index in [-0.39, 0.29) is 10.8 Å². The Morgan fingerprint density at radius 3 is 2.56 bits per heavy atom. The third-order valence-corrected chi connectivity index (χ3v) is 6.02. The SMILES string of the molecule is O=C(Nc1ccccc1)c1cccc(S(=O)(=O)NCCC2=CCCCC2)c1. The second-order valence-corrected chi connectivity index (χ2v) is 8.37. The van der Waals surface area contributed by atoms with Crippen molar-refractivity contribution < 1.29 is 13.2 Å². The lowest BCUT2D eigenvalue weighted by Gasteiger charge is -2.13. The monoisotopic (exact) mass is 384 g/mol. The van der Waals surface area contributed by atoms with E-state index in [4.69, 9.17) is 0 Å². The number of allylic oxidation sites excluding steroid dienone is 1. The molecule has 0 fully saturated rings. The van der Waals surface area contributed by atoms with Crippen molar-refractivity contribution in [1.82, 2.24) is 4.72 Å². The highest BCUT2D eigenvalue weighted by atomic mass is 32.2. The number of rotatable bonds is 7. The topological polar surface area (TPSA) is 75.3 Å². The molecule has 2 N–H and O–H groups in total. The van der Waals surface area contributed by atoms with E-state index < -0.39 is 10.0 Å². The van der Waals surface area contributed by atoms with Crippen molar-refractivity contribution in [1.29, 1.82) is 0 Å². The summed E-state index contributed by atoms with van der Waals surface area (Å²) >= 11 is 0. The summed E-state index contributed by atoms with van der Waals surface area (Å²) in [6.45, 7) is 0.370. The average molecular weight is 385 g/mol. The summed E-state index contributed by atoms with van der Waals surface area (Å²) in [6, 6.07) is 15.1. The number of nitrogens with one attached hydrogen (secondary N) is 2. The molecule has 3 rings (SSSR count). The lowest BCUT2D eigenvalue weighted by Crippen LogP contribution is -2.25. The number of hydrogen-bond donors (Lipinski definition) is 2. The highest BCUT2D eigenvalue weighted by molar-refractivity contribution is 7.89. The lowest BCUT2D eigenvalue weighted by atomic mass is 9.97. The van der Waals surface area contributed by atoms with Crippen LogP contribution in [-0.4, -0.2) is 20.9 Å². The van der Waals surface area contributed by atoms with E-state index in [2.05, 4.69) is 16.1 Å². The smallest absolute Gasteiger partial charge is 0.255 e. The summed E-state index contributed by atoms with van der Waals surface area (Å²) in [6.07, 6.45) is 7.47. The molecule has 6 heteroatoms. The Labute approximate surface area is 160 Å². The van der Waals surface area contributed by atoms with Gasteiger partial charge in [-0.1, -0.05) is 35.9 Å². The number of anilines is 1. The first-order chi connectivity index (χ1) is 13.0. The lowest BCUT2D eigenvalue weighted by molar-refractivity contribution is 0.102. The van der Waals surface area contributed by atoms with Crippen LogP contribution in [0.25, 0.3) is 0 Å². The summed E-state index contributed by atoms with van der Waals surface area (Å²) in [5.74, 6) is -0.342. The molecule has 1 amide bonds. The van der Waals surface area contributed by atoms with Gasteiger partial charge in [0.25, 0.3) is 5.91 Å². The number of benzene rings is 2. The largest absolute Gasteiger partial charge is 0.322 e. The fourth-order valence-electron chi connectivity index (χ4n) is 3.09. The molecule has 0 aromatic heterocycles. The van der Waals surface area contributed by atoms with Gasteiger partial charge in [-0.05, 0) is 62.4 Å². The van der Waals surface area contributed by atoms with Crippen LogP contribution in [0.3, 0.4) is 0 Å². The Morgan fingerprint density at radius 1 is 1.00 bits per heavy atom. The van der Waals surface area contributed by atoms with E-state index >= 15 is 0 Å². The van der Waals surface area contributed by atoms with Crippen LogP contribution in [0.1, 0.15) is 42.5 Å². The molecular formula is C21H24N2O3S. The minimum atomic E-state index is -3.65. The van der Waals surface area contributed by atoms with E-state index in [1.807, 2.05) is 18.2 Å². The predicted molar refractivity (Wildman–Crippen MR) is 107 cm³/mol. The fraction of sp³-hybridized carbons (Fsp3) is 0.286. The molecule has 0 radical (unpaired) electrons. The second kappa shape index (κ2) is 8.97. The van der Waals surface area contributed by atoms with Gasteiger partial charge in [0.05, 0.1) is 4.90 Å². The maximum absolute atomic E-state index is 12.5. The van der Waals surface area contributed by atoms with Crippen molar-refractivity contribution in [2.24, 2.45) is 0 Å². The molecule has 142 valence electrons. The van der Waals surface area contributed by atoms with Crippen LogP contribution >= 0.6 is 0 Å². The molecule has 0 atom stereocenters. The van der Waals surface area contributed by atoms with Crippen LogP contribution in [0.15, 0.2) is 71.1 Å². The van der Waals surface area contributed by atoms with Gasteiger partial charge in [0, 0.05) is 17.8 Å². The molecule has 2 aromatic rings. The van der Waals surface area contributed by atoms with E-state index in [1.54, 1.807) is 24.3 Å². The first kappa shape index (κ1) is 19.3. The zero-order chi connectivity index (χ0) is 19.1. The number of sulfonamides is 1. The maximum atomic E-state index is 12.5. The molecule has 1 aliphatic carbocycles. The number of para-hydroxylation sites is 1. The molecule has 5 nitrogen and oxygen atoms in total. The highest BCUT2D eigenvalue weighted by Gasteiger charge is 2.16. The minimum Gasteiger partial charge on any atom is -0.322 e. The third kappa shape index (κ3) is 5.52. The van der Waals surface area contributed by atoms with E-state index in [0.717, 1.165) is 19.3 Å². The van der Waals surface area contributed by atoms with E-state index in [1.165, 1.54) is 30.5 Å². The summed E-state index contributed by atoms with van der Waals surface area (Å²) in [5, 5.41) is 2.76. The number of hydrogen-bond acceptors (Lipinski definition) is 3. The van der Waals surface area contributed by atoms with Gasteiger partial charge in [0.2, 0.25) is 10.0 Å². The Hall–Kier alpha value is -2.44. The molecule has 0 saturated carbocycles. The third-order valence-electron chi connectivity index (χ3n) is 4.56. The molecule has 0 saturated heterocycles. The summed E-state index contributed by atoms with van der Waals surface area (Å²) in [5.41, 5.74) is 2.28. The van der Waals surface area contributed by atoms with Crippen molar-refractivity contribution in [2.75, 3.05) is 11.9 Å². The van der Waals surface area contributed by atoms with Crippen molar-refractivity contribution in [3.63, 3.8) is 0 Å². The second-order valence-electron chi connectivity index (χ2n) is 6.60. The van der Waals surface area contributed by atoms with Crippen LogP contribution in [-0.2, 0) is 10.0 Å². The maximum Gasteiger partial charge on any atom is 0.255 e. The van der Waals surface area contributed by atoms with Crippen molar-refractivity contribution in [3.05, 3.63) is 71.8 Å². The Morgan fingerprint density at radius 2 is 1.81 bits per heavy atom. The normalized spacial score (nSPS) is 14.4. The molecule has 2 aromatic carbocycles. The first-order valence-corrected chi connectivity index (χ1v) is 10.7. The van der Waals surface area contributed by atoms with Crippen molar-refractivity contribution >= 4 is 21.6 Å². The first-order valence-electron chi connectivity index (χ1n) is 9.19. The Kier molecular flexibility index (Phi) is 6.42. The number of amides is 1. The summed E-state index contributed by atoms with van der Waals surface area (Å²) < 4.78 is 27.7. The zero-order valence-electron chi connectivity index (χ0n) is 15.1. The molecule has 1 aliphatic rings. The standard InChI is InChI=1S/C21H24N2O3S/c24-21(23-19-11-5-2-6-12-19)18-10-7-13-20(16-18)27(25,26)22-15-14-17-8-3-1-4-9-17/h2,5-8,10-13,16,22H,1,3-4,9,14-15H2,(H,23,24). The van der Waals surface area contributed by atoms with Crippen molar-refractivity contribution in [3.8, 4) is 0 Å². The van der Waals surface area contributed by atoms with E-state index in [0.29, 0.717) is 17.8 Å². The van der Waals surface area contributed by atoms with Crippen LogP contribution in [0.4, 0.5) is 5.69 Å². The molecule has 0 heterocycles. The van der Waals surface area contributed by atoms with Gasteiger partial charge in [0.15, 0.2) is 0 Å². The van der Waals surface area contributed by atoms with Crippen LogP contribution in [0.2, 0.25) is 0 Å². The minimum absolute atomic E-state index is 0.0980. The van der Waals surface area contributed by atoms with Crippen molar-refractivity contribution in [2.45, 2.75) is 37.0 Å². The van der Waals surface area contributed by atoms with Gasteiger partial charge in [-0.2, -0.15) is 0 Å². The summed E-state index contributed by atoms with van der Waals surface area (Å²) in [7, 11) is -3.65. The highest BCUT2D eigenvalue weighted by Crippen LogP contribution is 2.20. The Bertz CT molecular complexity index is 921. The van der Waals surface area contributed by atoms with Crippen LogP contribution in [0, 0.1) is 0 Å². The molecular weight excluding hydrogens is 360 g/mol.